The molecule has 0 unspecified atom stereocenters. The van der Waals surface area contributed by atoms with Crippen LogP contribution in [-0.4, -0.2) is 57.2 Å². The summed E-state index contributed by atoms with van der Waals surface area (Å²) in [5.74, 6) is 0.158. The van der Waals surface area contributed by atoms with Crippen molar-refractivity contribution in [2.45, 2.75) is 12.0 Å². The zero-order valence-electron chi connectivity index (χ0n) is 17.8. The first-order valence-corrected chi connectivity index (χ1v) is 12.1. The van der Waals surface area contributed by atoms with E-state index >= 15 is 0 Å². The normalized spacial score (nSPS) is 15.8. The lowest BCUT2D eigenvalue weighted by atomic mass is 9.90. The number of sulfonamides is 1. The van der Waals surface area contributed by atoms with E-state index in [1.165, 1.54) is 9.10 Å². The number of hydrogen-bond acceptors (Lipinski definition) is 7. The van der Waals surface area contributed by atoms with E-state index in [-0.39, 0.29) is 25.3 Å². The van der Waals surface area contributed by atoms with Gasteiger partial charge in [0.05, 0.1) is 30.5 Å². The Morgan fingerprint density at radius 1 is 1.15 bits per heavy atom. The van der Waals surface area contributed by atoms with Crippen molar-refractivity contribution in [1.29, 1.82) is 5.26 Å². The Morgan fingerprint density at radius 3 is 2.67 bits per heavy atom. The lowest BCUT2D eigenvalue weighted by molar-refractivity contribution is 0.0579. The van der Waals surface area contributed by atoms with Crippen molar-refractivity contribution in [3.63, 3.8) is 0 Å². The summed E-state index contributed by atoms with van der Waals surface area (Å²) in [7, 11) is -3.35. The number of aromatic nitrogens is 4. The second-order valence-electron chi connectivity index (χ2n) is 8.22. The Labute approximate surface area is 190 Å². The predicted molar refractivity (Wildman–Crippen MR) is 122 cm³/mol. The number of phenols is 1. The van der Waals surface area contributed by atoms with Gasteiger partial charge in [-0.3, -0.25) is 4.98 Å². The zero-order valence-corrected chi connectivity index (χ0v) is 18.6. The SMILES string of the molecule is CS(=O)(=O)N1CC(CC#N)(n2ncc(-c3cc(-c4ccccc4O)cc4ncccc34)n2)C1. The Hall–Kier alpha value is -3.81. The van der Waals surface area contributed by atoms with E-state index < -0.39 is 15.6 Å². The third kappa shape index (κ3) is 3.61. The summed E-state index contributed by atoms with van der Waals surface area (Å²) in [6.07, 6.45) is 4.55. The minimum absolute atomic E-state index is 0.0906. The molecule has 0 saturated carbocycles. The molecule has 10 heteroatoms. The van der Waals surface area contributed by atoms with Gasteiger partial charge in [0.2, 0.25) is 10.0 Å². The summed E-state index contributed by atoms with van der Waals surface area (Å²) < 4.78 is 25.1. The summed E-state index contributed by atoms with van der Waals surface area (Å²) in [6.45, 7) is 0.293. The second-order valence-corrected chi connectivity index (χ2v) is 10.2. The van der Waals surface area contributed by atoms with Gasteiger partial charge < -0.3 is 5.11 Å². The van der Waals surface area contributed by atoms with Crippen LogP contribution in [0.25, 0.3) is 33.3 Å². The number of pyridine rings is 1. The molecule has 5 rings (SSSR count). The Morgan fingerprint density at radius 2 is 1.94 bits per heavy atom. The lowest BCUT2D eigenvalue weighted by Gasteiger charge is -2.46. The number of para-hydroxylation sites is 1. The average molecular weight is 461 g/mol. The molecule has 1 fully saturated rings. The van der Waals surface area contributed by atoms with Crippen LogP contribution in [0.4, 0.5) is 0 Å². The second kappa shape index (κ2) is 7.65. The monoisotopic (exact) mass is 460 g/mol. The molecule has 1 aliphatic heterocycles. The number of hydrogen-bond donors (Lipinski definition) is 1. The summed E-state index contributed by atoms with van der Waals surface area (Å²) in [6, 6.07) is 16.8. The van der Waals surface area contributed by atoms with Crippen LogP contribution in [-0.2, 0) is 15.6 Å². The fourth-order valence-electron chi connectivity index (χ4n) is 4.18. The molecule has 0 amide bonds. The molecular weight excluding hydrogens is 440 g/mol. The largest absolute Gasteiger partial charge is 0.507 e. The zero-order chi connectivity index (χ0) is 23.2. The molecule has 1 N–H and O–H groups in total. The highest BCUT2D eigenvalue weighted by Gasteiger charge is 2.50. The van der Waals surface area contributed by atoms with Gasteiger partial charge in [-0.25, -0.2) is 8.42 Å². The van der Waals surface area contributed by atoms with E-state index in [0.29, 0.717) is 11.3 Å². The van der Waals surface area contributed by atoms with Crippen LogP contribution in [0.2, 0.25) is 0 Å². The van der Waals surface area contributed by atoms with Gasteiger partial charge in [-0.1, -0.05) is 24.3 Å². The summed E-state index contributed by atoms with van der Waals surface area (Å²) in [5.41, 5.74) is 2.72. The molecular formula is C23H20N6O3S. The number of nitrogens with zero attached hydrogens (tertiary/aromatic N) is 6. The molecule has 3 heterocycles. The smallest absolute Gasteiger partial charge is 0.211 e. The quantitative estimate of drug-likeness (QED) is 0.485. The van der Waals surface area contributed by atoms with Crippen LogP contribution in [0, 0.1) is 11.3 Å². The van der Waals surface area contributed by atoms with E-state index in [4.69, 9.17) is 0 Å². The van der Waals surface area contributed by atoms with E-state index in [1.807, 2.05) is 36.4 Å². The predicted octanol–water partition coefficient (Wildman–Crippen LogP) is 2.75. The summed E-state index contributed by atoms with van der Waals surface area (Å²) in [5, 5.41) is 29.6. The fraction of sp³-hybridized carbons (Fsp3) is 0.217. The molecule has 4 aromatic rings. The number of aromatic hydroxyl groups is 1. The van der Waals surface area contributed by atoms with Crippen LogP contribution in [0.5, 0.6) is 5.75 Å². The minimum atomic E-state index is -3.35. The first-order valence-electron chi connectivity index (χ1n) is 10.2. The molecule has 33 heavy (non-hydrogen) atoms. The third-order valence-corrected chi connectivity index (χ3v) is 7.14. The molecule has 1 saturated heterocycles. The van der Waals surface area contributed by atoms with Crippen LogP contribution in [0.1, 0.15) is 6.42 Å². The van der Waals surface area contributed by atoms with Crippen LogP contribution in [0.15, 0.2) is 60.9 Å². The van der Waals surface area contributed by atoms with Crippen molar-refractivity contribution in [3.8, 4) is 34.2 Å². The average Bonchev–Trinajstić information content (AvgIpc) is 3.25. The Bertz CT molecular complexity index is 1520. The van der Waals surface area contributed by atoms with Crippen molar-refractivity contribution in [3.05, 3.63) is 60.9 Å². The van der Waals surface area contributed by atoms with Gasteiger partial charge in [-0.2, -0.15) is 24.6 Å². The van der Waals surface area contributed by atoms with Crippen molar-refractivity contribution in [1.82, 2.24) is 24.3 Å². The number of nitriles is 1. The molecule has 2 aromatic heterocycles. The molecule has 0 spiro atoms. The van der Waals surface area contributed by atoms with E-state index in [0.717, 1.165) is 28.3 Å². The number of rotatable bonds is 5. The van der Waals surface area contributed by atoms with Crippen molar-refractivity contribution in [2.75, 3.05) is 19.3 Å². The first kappa shape index (κ1) is 21.1. The van der Waals surface area contributed by atoms with Gasteiger partial charge in [0.1, 0.15) is 17.0 Å². The van der Waals surface area contributed by atoms with Crippen molar-refractivity contribution in [2.24, 2.45) is 0 Å². The number of phenolic OH excluding ortho intramolecular Hbond substituents is 1. The molecule has 0 aliphatic carbocycles. The minimum Gasteiger partial charge on any atom is -0.507 e. The maximum atomic E-state index is 11.9. The highest BCUT2D eigenvalue weighted by Crippen LogP contribution is 2.37. The standard InChI is InChI=1S/C23H20N6O3S/c1-33(31,32)28-14-23(15-28,8-9-24)29-26-13-21(27-29)19-11-16(17-5-2-3-7-22(17)30)12-20-18(19)6-4-10-25-20/h2-7,10-13,30H,8,14-15H2,1H3. The van der Waals surface area contributed by atoms with Gasteiger partial charge in [-0.05, 0) is 29.8 Å². The van der Waals surface area contributed by atoms with Gasteiger partial charge in [0, 0.05) is 35.8 Å². The molecule has 166 valence electrons. The van der Waals surface area contributed by atoms with Gasteiger partial charge >= 0.3 is 0 Å². The van der Waals surface area contributed by atoms with E-state index in [9.17, 15) is 18.8 Å². The molecule has 2 aromatic carbocycles. The Kier molecular flexibility index (Phi) is 4.88. The van der Waals surface area contributed by atoms with Gasteiger partial charge in [-0.15, -0.1) is 0 Å². The number of benzene rings is 2. The summed E-state index contributed by atoms with van der Waals surface area (Å²) >= 11 is 0. The van der Waals surface area contributed by atoms with Crippen molar-refractivity contribution >= 4 is 20.9 Å². The Balaban J connectivity index is 1.61. The van der Waals surface area contributed by atoms with Gasteiger partial charge in [0.25, 0.3) is 0 Å². The maximum absolute atomic E-state index is 11.9. The highest BCUT2D eigenvalue weighted by atomic mass is 32.2. The van der Waals surface area contributed by atoms with Gasteiger partial charge in [0.15, 0.2) is 0 Å². The van der Waals surface area contributed by atoms with E-state index in [2.05, 4.69) is 21.3 Å². The maximum Gasteiger partial charge on any atom is 0.211 e. The highest BCUT2D eigenvalue weighted by molar-refractivity contribution is 7.88. The molecule has 0 radical (unpaired) electrons. The topological polar surface area (TPSA) is 125 Å². The summed E-state index contributed by atoms with van der Waals surface area (Å²) in [4.78, 5) is 5.94. The fourth-order valence-corrected chi connectivity index (χ4v) is 5.13. The molecule has 0 bridgehead atoms. The molecule has 1 aliphatic rings. The van der Waals surface area contributed by atoms with E-state index in [1.54, 1.807) is 24.5 Å². The van der Waals surface area contributed by atoms with Crippen LogP contribution in [0.3, 0.4) is 0 Å². The molecule has 9 nitrogen and oxygen atoms in total. The number of fused-ring (bicyclic) bond motifs is 1. The first-order chi connectivity index (χ1) is 15.8. The third-order valence-electron chi connectivity index (χ3n) is 5.95. The molecule has 0 atom stereocenters. The lowest BCUT2D eigenvalue weighted by Crippen LogP contribution is -2.64. The van der Waals surface area contributed by atoms with Crippen LogP contribution < -0.4 is 0 Å². The van der Waals surface area contributed by atoms with Crippen molar-refractivity contribution < 1.29 is 13.5 Å². The van der Waals surface area contributed by atoms with Crippen LogP contribution >= 0.6 is 0 Å².